The summed E-state index contributed by atoms with van der Waals surface area (Å²) in [4.78, 5) is 15.7. The summed E-state index contributed by atoms with van der Waals surface area (Å²) >= 11 is 11.2. The van der Waals surface area contributed by atoms with Crippen LogP contribution in [-0.2, 0) is 23.0 Å². The van der Waals surface area contributed by atoms with E-state index in [0.29, 0.717) is 33.7 Å². The first kappa shape index (κ1) is 17.8. The molecule has 0 amide bonds. The number of H-pyrrole nitrogens is 1. The molecular weight excluding hydrogens is 382 g/mol. The SMILES string of the molecule is NS(=O)(=O)c1ccc(CCn2c(=S)[nH]c3cc(Cl)ccc3c2=O)cc1. The lowest BCUT2D eigenvalue weighted by atomic mass is 10.1. The van der Waals surface area contributed by atoms with Crippen molar-refractivity contribution in [2.75, 3.05) is 0 Å². The summed E-state index contributed by atoms with van der Waals surface area (Å²) in [5.41, 5.74) is 1.26. The highest BCUT2D eigenvalue weighted by molar-refractivity contribution is 7.89. The van der Waals surface area contributed by atoms with Crippen LogP contribution in [0.3, 0.4) is 0 Å². The van der Waals surface area contributed by atoms with Crippen molar-refractivity contribution in [3.8, 4) is 0 Å². The molecule has 9 heteroatoms. The Labute approximate surface area is 153 Å². The first-order valence-electron chi connectivity index (χ1n) is 7.30. The lowest BCUT2D eigenvalue weighted by Crippen LogP contribution is -2.23. The maximum atomic E-state index is 12.6. The third kappa shape index (κ3) is 3.82. The lowest BCUT2D eigenvalue weighted by Gasteiger charge is -2.09. The Morgan fingerprint density at radius 2 is 1.84 bits per heavy atom. The molecule has 6 nitrogen and oxygen atoms in total. The molecule has 0 radical (unpaired) electrons. The van der Waals surface area contributed by atoms with Gasteiger partial charge in [-0.3, -0.25) is 9.36 Å². The smallest absolute Gasteiger partial charge is 0.262 e. The first-order chi connectivity index (χ1) is 11.8. The molecular formula is C16H14ClN3O3S2. The van der Waals surface area contributed by atoms with Crippen molar-refractivity contribution in [3.63, 3.8) is 0 Å². The van der Waals surface area contributed by atoms with Crippen molar-refractivity contribution < 1.29 is 8.42 Å². The average Bonchev–Trinajstić information content (AvgIpc) is 2.54. The number of sulfonamides is 1. The van der Waals surface area contributed by atoms with Gasteiger partial charge in [0.2, 0.25) is 10.0 Å². The van der Waals surface area contributed by atoms with Gasteiger partial charge in [-0.2, -0.15) is 0 Å². The number of primary sulfonamides is 1. The molecule has 0 spiro atoms. The molecule has 1 heterocycles. The fraction of sp³-hybridized carbons (Fsp3) is 0.125. The van der Waals surface area contributed by atoms with E-state index in [9.17, 15) is 13.2 Å². The van der Waals surface area contributed by atoms with Crippen molar-refractivity contribution in [1.29, 1.82) is 0 Å². The number of halogens is 1. The standard InChI is InChI=1S/C16H14ClN3O3S2/c17-11-3-6-13-14(9-11)19-16(24)20(15(13)21)8-7-10-1-4-12(5-2-10)25(18,22)23/h1-6,9H,7-8H2,(H,19,24)(H2,18,22,23). The van der Waals surface area contributed by atoms with Gasteiger partial charge >= 0.3 is 0 Å². The third-order valence-electron chi connectivity index (χ3n) is 3.82. The molecule has 0 aliphatic heterocycles. The topological polar surface area (TPSA) is 97.9 Å². The second kappa shape index (κ2) is 6.72. The van der Waals surface area contributed by atoms with E-state index in [1.165, 1.54) is 16.7 Å². The van der Waals surface area contributed by atoms with Crippen LogP contribution in [0, 0.1) is 4.77 Å². The molecule has 1 aromatic heterocycles. The minimum atomic E-state index is -3.72. The normalized spacial score (nSPS) is 11.8. The van der Waals surface area contributed by atoms with E-state index in [2.05, 4.69) is 4.98 Å². The summed E-state index contributed by atoms with van der Waals surface area (Å²) in [7, 11) is -3.72. The molecule has 0 fully saturated rings. The van der Waals surface area contributed by atoms with Gasteiger partial charge in [-0.25, -0.2) is 13.6 Å². The Morgan fingerprint density at radius 1 is 1.16 bits per heavy atom. The van der Waals surface area contributed by atoms with Crippen molar-refractivity contribution in [2.24, 2.45) is 5.14 Å². The van der Waals surface area contributed by atoms with Crippen molar-refractivity contribution >= 4 is 44.7 Å². The molecule has 3 aromatic rings. The van der Waals surface area contributed by atoms with Gasteiger partial charge in [0.05, 0.1) is 15.8 Å². The number of nitrogens with one attached hydrogen (secondary N) is 1. The molecule has 25 heavy (non-hydrogen) atoms. The van der Waals surface area contributed by atoms with Crippen LogP contribution in [0.25, 0.3) is 10.9 Å². The fourth-order valence-corrected chi connectivity index (χ4v) is 3.49. The monoisotopic (exact) mass is 395 g/mol. The Bertz CT molecular complexity index is 1170. The summed E-state index contributed by atoms with van der Waals surface area (Å²) in [5, 5.41) is 6.10. The molecule has 0 unspecified atom stereocenters. The Kier molecular flexibility index (Phi) is 4.79. The summed E-state index contributed by atoms with van der Waals surface area (Å²) in [6, 6.07) is 11.2. The second-order valence-corrected chi connectivity index (χ2v) is 7.90. The highest BCUT2D eigenvalue weighted by Gasteiger charge is 2.09. The van der Waals surface area contributed by atoms with Crippen molar-refractivity contribution in [2.45, 2.75) is 17.9 Å². The second-order valence-electron chi connectivity index (χ2n) is 5.52. The zero-order valence-electron chi connectivity index (χ0n) is 12.9. The van der Waals surface area contributed by atoms with Gasteiger partial charge in [0.1, 0.15) is 0 Å². The quantitative estimate of drug-likeness (QED) is 0.663. The molecule has 0 saturated heterocycles. The molecule has 0 saturated carbocycles. The number of fused-ring (bicyclic) bond motifs is 1. The zero-order valence-corrected chi connectivity index (χ0v) is 15.3. The van der Waals surface area contributed by atoms with Gasteiger partial charge in [-0.15, -0.1) is 0 Å². The minimum Gasteiger partial charge on any atom is -0.332 e. The number of rotatable bonds is 4. The van der Waals surface area contributed by atoms with Crippen LogP contribution in [0.4, 0.5) is 0 Å². The van der Waals surface area contributed by atoms with Gasteiger partial charge in [-0.05, 0) is 54.5 Å². The van der Waals surface area contributed by atoms with Crippen LogP contribution in [-0.4, -0.2) is 18.0 Å². The maximum Gasteiger partial charge on any atom is 0.262 e. The highest BCUT2D eigenvalue weighted by atomic mass is 35.5. The van der Waals surface area contributed by atoms with Crippen molar-refractivity contribution in [1.82, 2.24) is 9.55 Å². The van der Waals surface area contributed by atoms with Crippen LogP contribution in [0.2, 0.25) is 5.02 Å². The van der Waals surface area contributed by atoms with E-state index >= 15 is 0 Å². The Morgan fingerprint density at radius 3 is 2.48 bits per heavy atom. The first-order valence-corrected chi connectivity index (χ1v) is 9.63. The maximum absolute atomic E-state index is 12.6. The van der Waals surface area contributed by atoms with Crippen LogP contribution in [0.1, 0.15) is 5.56 Å². The number of aromatic nitrogens is 2. The van der Waals surface area contributed by atoms with Crippen LogP contribution in [0.5, 0.6) is 0 Å². The summed E-state index contributed by atoms with van der Waals surface area (Å²) in [6.07, 6.45) is 0.515. The molecule has 0 atom stereocenters. The number of nitrogens with zero attached hydrogens (tertiary/aromatic N) is 1. The molecule has 0 aliphatic rings. The van der Waals surface area contributed by atoms with Gasteiger partial charge in [0.25, 0.3) is 5.56 Å². The zero-order chi connectivity index (χ0) is 18.2. The van der Waals surface area contributed by atoms with Crippen LogP contribution < -0.4 is 10.7 Å². The summed E-state index contributed by atoms with van der Waals surface area (Å²) < 4.78 is 24.3. The number of aromatic amines is 1. The van der Waals surface area contributed by atoms with Gasteiger partial charge in [0.15, 0.2) is 4.77 Å². The van der Waals surface area contributed by atoms with E-state index in [1.54, 1.807) is 30.3 Å². The Hall–Kier alpha value is -2.00. The van der Waals surface area contributed by atoms with E-state index in [-0.39, 0.29) is 10.5 Å². The van der Waals surface area contributed by atoms with Crippen LogP contribution in [0.15, 0.2) is 52.2 Å². The lowest BCUT2D eigenvalue weighted by molar-refractivity contribution is 0.597. The predicted octanol–water partition coefficient (Wildman–Crippen LogP) is 2.60. The molecule has 3 N–H and O–H groups in total. The van der Waals surface area contributed by atoms with E-state index in [0.717, 1.165) is 5.56 Å². The van der Waals surface area contributed by atoms with Crippen LogP contribution >= 0.6 is 23.8 Å². The van der Waals surface area contributed by atoms with Gasteiger partial charge in [0, 0.05) is 11.6 Å². The van der Waals surface area contributed by atoms with Gasteiger partial charge < -0.3 is 4.98 Å². The molecule has 3 rings (SSSR count). The number of hydrogen-bond donors (Lipinski definition) is 2. The van der Waals surface area contributed by atoms with E-state index < -0.39 is 10.0 Å². The highest BCUT2D eigenvalue weighted by Crippen LogP contribution is 2.15. The molecule has 0 bridgehead atoms. The average molecular weight is 396 g/mol. The fourth-order valence-electron chi connectivity index (χ4n) is 2.52. The predicted molar refractivity (Wildman–Crippen MR) is 99.9 cm³/mol. The Balaban J connectivity index is 1.90. The van der Waals surface area contributed by atoms with Crippen molar-refractivity contribution in [3.05, 3.63) is 68.2 Å². The van der Waals surface area contributed by atoms with E-state index in [1.807, 2.05) is 0 Å². The minimum absolute atomic E-state index is 0.0493. The number of nitrogens with two attached hydrogens (primary N) is 1. The summed E-state index contributed by atoms with van der Waals surface area (Å²) in [6.45, 7) is 0.363. The molecule has 0 aliphatic carbocycles. The largest absolute Gasteiger partial charge is 0.332 e. The number of benzene rings is 2. The summed E-state index contributed by atoms with van der Waals surface area (Å²) in [5.74, 6) is 0. The molecule has 130 valence electrons. The number of hydrogen-bond acceptors (Lipinski definition) is 4. The van der Waals surface area contributed by atoms with Gasteiger partial charge in [-0.1, -0.05) is 23.7 Å². The third-order valence-corrected chi connectivity index (χ3v) is 5.31. The number of aryl methyl sites for hydroxylation is 1. The molecule has 2 aromatic carbocycles. The van der Waals surface area contributed by atoms with E-state index in [4.69, 9.17) is 29.0 Å².